The third-order valence-corrected chi connectivity index (χ3v) is 3.36. The minimum Gasteiger partial charge on any atom is -0.461 e. The molecule has 0 saturated carbocycles. The molecule has 2 heterocycles. The van der Waals surface area contributed by atoms with Crippen LogP contribution in [0, 0.1) is 0 Å². The number of aromatic nitrogens is 1. The molecule has 0 aromatic carbocycles. The highest BCUT2D eigenvalue weighted by atomic mass is 32.1. The number of nitrogens with zero attached hydrogens (tertiary/aromatic N) is 1. The van der Waals surface area contributed by atoms with E-state index in [1.807, 2.05) is 0 Å². The molecule has 0 aliphatic carbocycles. The highest BCUT2D eigenvalue weighted by Gasteiger charge is 2.18. The lowest BCUT2D eigenvalue weighted by Gasteiger charge is -1.97. The largest absolute Gasteiger partial charge is 0.461 e. The lowest BCUT2D eigenvalue weighted by atomic mass is 10.2. The normalized spacial score (nSPS) is 15.5. The van der Waals surface area contributed by atoms with E-state index in [-0.39, 0.29) is 5.97 Å². The molecule has 1 aliphatic rings. The molecular formula is C10H14N2O2S. The van der Waals surface area contributed by atoms with Crippen LogP contribution in [0.15, 0.2) is 0 Å². The molecule has 1 N–H and O–H groups in total. The molecule has 1 aromatic rings. The fraction of sp³-hybridized carbons (Fsp3) is 0.600. The Morgan fingerprint density at radius 3 is 3.33 bits per heavy atom. The van der Waals surface area contributed by atoms with Gasteiger partial charge in [-0.2, -0.15) is 0 Å². The van der Waals surface area contributed by atoms with Crippen molar-refractivity contribution in [2.45, 2.75) is 26.3 Å². The van der Waals surface area contributed by atoms with Crippen LogP contribution in [0.5, 0.6) is 0 Å². The number of fused-ring (bicyclic) bond motifs is 1. The van der Waals surface area contributed by atoms with E-state index in [1.165, 1.54) is 16.2 Å². The van der Waals surface area contributed by atoms with Gasteiger partial charge in [0.05, 0.1) is 12.3 Å². The average Bonchev–Trinajstić information content (AvgIpc) is 2.51. The monoisotopic (exact) mass is 226 g/mol. The van der Waals surface area contributed by atoms with Gasteiger partial charge in [0.1, 0.15) is 0 Å². The fourth-order valence-corrected chi connectivity index (χ4v) is 2.55. The first-order valence-corrected chi connectivity index (χ1v) is 5.99. The zero-order valence-electron chi connectivity index (χ0n) is 8.71. The Morgan fingerprint density at radius 1 is 1.67 bits per heavy atom. The third-order valence-electron chi connectivity index (χ3n) is 2.28. The Morgan fingerprint density at radius 2 is 2.53 bits per heavy atom. The number of hydrogen-bond donors (Lipinski definition) is 1. The summed E-state index contributed by atoms with van der Waals surface area (Å²) in [4.78, 5) is 17.0. The van der Waals surface area contributed by atoms with Crippen molar-refractivity contribution in [2.75, 3.05) is 13.2 Å². The molecule has 0 unspecified atom stereocenters. The minimum absolute atomic E-state index is 0.296. The van der Waals surface area contributed by atoms with Gasteiger partial charge in [0.25, 0.3) is 0 Å². The molecule has 5 heteroatoms. The Hall–Kier alpha value is -0.940. The van der Waals surface area contributed by atoms with Crippen LogP contribution in [-0.2, 0) is 17.7 Å². The number of hydrogen-bond acceptors (Lipinski definition) is 5. The van der Waals surface area contributed by atoms with E-state index in [0.29, 0.717) is 11.6 Å². The number of aryl methyl sites for hydroxylation is 1. The zero-order chi connectivity index (χ0) is 10.7. The SMILES string of the molecule is CCOC(=O)c1nc2c(s1)CNCCC2. The maximum atomic E-state index is 11.5. The van der Waals surface area contributed by atoms with Crippen molar-refractivity contribution in [2.24, 2.45) is 0 Å². The fourth-order valence-electron chi connectivity index (χ4n) is 1.58. The second kappa shape index (κ2) is 4.72. The van der Waals surface area contributed by atoms with Gasteiger partial charge in [-0.1, -0.05) is 0 Å². The molecule has 0 radical (unpaired) electrons. The number of nitrogens with one attached hydrogen (secondary N) is 1. The van der Waals surface area contributed by atoms with E-state index >= 15 is 0 Å². The first-order valence-electron chi connectivity index (χ1n) is 5.17. The van der Waals surface area contributed by atoms with E-state index in [0.717, 1.165) is 31.6 Å². The summed E-state index contributed by atoms with van der Waals surface area (Å²) < 4.78 is 4.93. The maximum absolute atomic E-state index is 11.5. The van der Waals surface area contributed by atoms with E-state index < -0.39 is 0 Å². The van der Waals surface area contributed by atoms with Crippen LogP contribution in [0.25, 0.3) is 0 Å². The second-order valence-corrected chi connectivity index (χ2v) is 4.47. The van der Waals surface area contributed by atoms with Gasteiger partial charge in [-0.25, -0.2) is 9.78 Å². The van der Waals surface area contributed by atoms with Gasteiger partial charge in [0, 0.05) is 11.4 Å². The Bertz CT molecular complexity index is 339. The quantitative estimate of drug-likeness (QED) is 0.773. The Balaban J connectivity index is 2.18. The lowest BCUT2D eigenvalue weighted by molar-refractivity contribution is 0.0525. The molecule has 0 bridgehead atoms. The van der Waals surface area contributed by atoms with Crippen LogP contribution < -0.4 is 5.32 Å². The summed E-state index contributed by atoms with van der Waals surface area (Å²) in [7, 11) is 0. The number of carbonyl (C=O) groups is 1. The summed E-state index contributed by atoms with van der Waals surface area (Å²) in [5.74, 6) is -0.296. The van der Waals surface area contributed by atoms with Gasteiger partial charge in [0.15, 0.2) is 0 Å². The summed E-state index contributed by atoms with van der Waals surface area (Å²) in [6.45, 7) is 4.06. The highest BCUT2D eigenvalue weighted by Crippen LogP contribution is 2.22. The van der Waals surface area contributed by atoms with Gasteiger partial charge in [0.2, 0.25) is 5.01 Å². The third kappa shape index (κ3) is 2.35. The van der Waals surface area contributed by atoms with Crippen molar-refractivity contribution in [3.8, 4) is 0 Å². The second-order valence-electron chi connectivity index (χ2n) is 3.39. The zero-order valence-corrected chi connectivity index (χ0v) is 9.52. The highest BCUT2D eigenvalue weighted by molar-refractivity contribution is 7.13. The van der Waals surface area contributed by atoms with Gasteiger partial charge in [-0.15, -0.1) is 11.3 Å². The topological polar surface area (TPSA) is 51.2 Å². The molecule has 1 aliphatic heterocycles. The predicted molar refractivity (Wildman–Crippen MR) is 58.1 cm³/mol. The van der Waals surface area contributed by atoms with Crippen LogP contribution in [0.2, 0.25) is 0 Å². The predicted octanol–water partition coefficient (Wildman–Crippen LogP) is 1.36. The smallest absolute Gasteiger partial charge is 0.367 e. The average molecular weight is 226 g/mol. The van der Waals surface area contributed by atoms with E-state index in [4.69, 9.17) is 4.74 Å². The first kappa shape index (κ1) is 10.6. The van der Waals surface area contributed by atoms with Crippen LogP contribution in [-0.4, -0.2) is 24.1 Å². The van der Waals surface area contributed by atoms with Crippen molar-refractivity contribution in [3.05, 3.63) is 15.6 Å². The summed E-state index contributed by atoms with van der Waals surface area (Å²) in [5.41, 5.74) is 1.06. The molecule has 1 aromatic heterocycles. The van der Waals surface area contributed by atoms with Crippen molar-refractivity contribution < 1.29 is 9.53 Å². The summed E-state index contributed by atoms with van der Waals surface area (Å²) in [6.07, 6.45) is 2.04. The van der Waals surface area contributed by atoms with E-state index in [9.17, 15) is 4.79 Å². The maximum Gasteiger partial charge on any atom is 0.367 e. The number of esters is 1. The van der Waals surface area contributed by atoms with Crippen LogP contribution >= 0.6 is 11.3 Å². The van der Waals surface area contributed by atoms with Gasteiger partial charge in [-0.3, -0.25) is 0 Å². The summed E-state index contributed by atoms with van der Waals surface area (Å²) in [6, 6.07) is 0. The van der Waals surface area contributed by atoms with Crippen LogP contribution in [0.1, 0.15) is 33.7 Å². The molecule has 0 spiro atoms. The molecule has 2 rings (SSSR count). The molecular weight excluding hydrogens is 212 g/mol. The van der Waals surface area contributed by atoms with E-state index in [2.05, 4.69) is 10.3 Å². The van der Waals surface area contributed by atoms with Crippen molar-refractivity contribution in [1.82, 2.24) is 10.3 Å². The van der Waals surface area contributed by atoms with Gasteiger partial charge < -0.3 is 10.1 Å². The van der Waals surface area contributed by atoms with Crippen molar-refractivity contribution in [3.63, 3.8) is 0 Å². The van der Waals surface area contributed by atoms with Crippen molar-refractivity contribution >= 4 is 17.3 Å². The van der Waals surface area contributed by atoms with E-state index in [1.54, 1.807) is 6.92 Å². The summed E-state index contributed by atoms with van der Waals surface area (Å²) >= 11 is 1.45. The summed E-state index contributed by atoms with van der Waals surface area (Å²) in [5, 5.41) is 3.80. The number of ether oxygens (including phenoxy) is 1. The molecule has 0 saturated heterocycles. The Kier molecular flexibility index (Phi) is 3.33. The number of carbonyl (C=O) groups excluding carboxylic acids is 1. The Labute approximate surface area is 92.7 Å². The first-order chi connectivity index (χ1) is 7.31. The molecule has 0 fully saturated rings. The molecule has 0 amide bonds. The number of rotatable bonds is 2. The molecule has 15 heavy (non-hydrogen) atoms. The molecule has 82 valence electrons. The molecule has 4 nitrogen and oxygen atoms in total. The molecule has 0 atom stereocenters. The lowest BCUT2D eigenvalue weighted by Crippen LogP contribution is -2.11. The standard InChI is InChI=1S/C10H14N2O2S/c1-2-14-10(13)9-12-7-4-3-5-11-6-8(7)15-9/h11H,2-6H2,1H3. The van der Waals surface area contributed by atoms with Gasteiger partial charge >= 0.3 is 5.97 Å². The number of thiazole rings is 1. The van der Waals surface area contributed by atoms with Crippen LogP contribution in [0.4, 0.5) is 0 Å². The van der Waals surface area contributed by atoms with Crippen LogP contribution in [0.3, 0.4) is 0 Å². The van der Waals surface area contributed by atoms with Crippen molar-refractivity contribution in [1.29, 1.82) is 0 Å². The minimum atomic E-state index is -0.296. The van der Waals surface area contributed by atoms with Gasteiger partial charge in [-0.05, 0) is 26.3 Å².